The lowest BCUT2D eigenvalue weighted by Crippen LogP contribution is -2.40. The van der Waals surface area contributed by atoms with Gasteiger partial charge in [0.05, 0.1) is 18.4 Å². The van der Waals surface area contributed by atoms with E-state index in [2.05, 4.69) is 10.3 Å². The van der Waals surface area contributed by atoms with Crippen LogP contribution in [-0.4, -0.2) is 29.3 Å². The minimum absolute atomic E-state index is 0.537. The monoisotopic (exact) mass is 278 g/mol. The highest BCUT2D eigenvalue weighted by molar-refractivity contribution is 5.26. The molecule has 112 valence electrons. The number of nitrogens with one attached hydrogen (secondary N) is 1. The fraction of sp³-hybridized carbons (Fsp3) is 0.688. The summed E-state index contributed by atoms with van der Waals surface area (Å²) >= 11 is 0. The summed E-state index contributed by atoms with van der Waals surface area (Å²) in [6, 6.07) is 3.86. The number of ether oxygens (including phenoxy) is 1. The maximum Gasteiger partial charge on any atom is 0.122 e. The molecule has 4 nitrogen and oxygen atoms in total. The normalized spacial score (nSPS) is 18.6. The van der Waals surface area contributed by atoms with Gasteiger partial charge in [0.15, 0.2) is 0 Å². The molecule has 0 radical (unpaired) electrons. The lowest BCUT2D eigenvalue weighted by molar-refractivity contribution is 0.0250. The average molecular weight is 278 g/mol. The lowest BCUT2D eigenvalue weighted by Gasteiger charge is -2.26. The molecule has 0 saturated heterocycles. The quantitative estimate of drug-likeness (QED) is 0.813. The van der Waals surface area contributed by atoms with Gasteiger partial charge in [0.1, 0.15) is 5.75 Å². The number of pyridine rings is 1. The summed E-state index contributed by atoms with van der Waals surface area (Å²) in [6.45, 7) is 3.27. The Labute approximate surface area is 121 Å². The second kappa shape index (κ2) is 7.04. The van der Waals surface area contributed by atoms with Crippen LogP contribution in [0.5, 0.6) is 5.75 Å². The van der Waals surface area contributed by atoms with E-state index in [-0.39, 0.29) is 0 Å². The molecule has 1 heterocycles. The highest BCUT2D eigenvalue weighted by Crippen LogP contribution is 2.26. The zero-order valence-corrected chi connectivity index (χ0v) is 12.6. The number of hydrogen-bond donors (Lipinski definition) is 2. The molecule has 2 N–H and O–H groups in total. The Morgan fingerprint density at radius 3 is 2.60 bits per heavy atom. The topological polar surface area (TPSA) is 54.4 Å². The van der Waals surface area contributed by atoms with Gasteiger partial charge in [-0.1, -0.05) is 25.7 Å². The molecule has 4 heteroatoms. The van der Waals surface area contributed by atoms with Crippen LogP contribution in [0.4, 0.5) is 0 Å². The van der Waals surface area contributed by atoms with Crippen molar-refractivity contribution in [2.45, 2.75) is 57.6 Å². The minimum atomic E-state index is -0.537. The molecule has 0 spiro atoms. The van der Waals surface area contributed by atoms with E-state index in [4.69, 9.17) is 4.74 Å². The number of methoxy groups -OCH3 is 1. The standard InChI is InChI=1S/C16H26N2O2/c1-13-9-15(20-2)10-14(18-13)11-17-12-16(19)7-5-3-4-6-8-16/h9-10,17,19H,3-8,11-12H2,1-2H3. The molecule has 2 rings (SSSR count). The van der Waals surface area contributed by atoms with Crippen LogP contribution < -0.4 is 10.1 Å². The summed E-state index contributed by atoms with van der Waals surface area (Å²) < 4.78 is 5.25. The molecule has 20 heavy (non-hydrogen) atoms. The molecule has 0 unspecified atom stereocenters. The average Bonchev–Trinajstić information content (AvgIpc) is 2.63. The first kappa shape index (κ1) is 15.3. The van der Waals surface area contributed by atoms with Crippen LogP contribution in [0.2, 0.25) is 0 Å². The number of aryl methyl sites for hydroxylation is 1. The Balaban J connectivity index is 1.87. The molecule has 0 amide bonds. The molecule has 1 aliphatic carbocycles. The highest BCUT2D eigenvalue weighted by Gasteiger charge is 2.27. The van der Waals surface area contributed by atoms with Crippen molar-refractivity contribution >= 4 is 0 Å². The van der Waals surface area contributed by atoms with E-state index in [0.29, 0.717) is 13.1 Å². The van der Waals surface area contributed by atoms with E-state index >= 15 is 0 Å². The van der Waals surface area contributed by atoms with Crippen molar-refractivity contribution in [2.75, 3.05) is 13.7 Å². The first-order valence-corrected chi connectivity index (χ1v) is 7.56. The van der Waals surface area contributed by atoms with Crippen molar-refractivity contribution in [3.63, 3.8) is 0 Å². The zero-order chi connectivity index (χ0) is 14.4. The first-order valence-electron chi connectivity index (χ1n) is 7.56. The second-order valence-electron chi connectivity index (χ2n) is 5.88. The van der Waals surface area contributed by atoms with Gasteiger partial charge in [0.25, 0.3) is 0 Å². The van der Waals surface area contributed by atoms with E-state index in [0.717, 1.165) is 42.8 Å². The molecule has 1 fully saturated rings. The number of rotatable bonds is 5. The Bertz CT molecular complexity index is 426. The maximum atomic E-state index is 10.6. The largest absolute Gasteiger partial charge is 0.497 e. The van der Waals surface area contributed by atoms with Crippen LogP contribution in [0.15, 0.2) is 12.1 Å². The SMILES string of the molecule is COc1cc(C)nc(CNCC2(O)CCCCCC2)c1. The summed E-state index contributed by atoms with van der Waals surface area (Å²) in [4.78, 5) is 4.48. The van der Waals surface area contributed by atoms with Crippen molar-refractivity contribution < 1.29 is 9.84 Å². The third-order valence-corrected chi connectivity index (χ3v) is 4.01. The maximum absolute atomic E-state index is 10.6. The van der Waals surface area contributed by atoms with Gasteiger partial charge >= 0.3 is 0 Å². The minimum Gasteiger partial charge on any atom is -0.497 e. The van der Waals surface area contributed by atoms with Gasteiger partial charge < -0.3 is 15.2 Å². The molecule has 0 atom stereocenters. The molecule has 0 aliphatic heterocycles. The Morgan fingerprint density at radius 2 is 1.95 bits per heavy atom. The van der Waals surface area contributed by atoms with Crippen molar-refractivity contribution in [1.29, 1.82) is 0 Å². The Hall–Kier alpha value is -1.13. The van der Waals surface area contributed by atoms with Crippen LogP contribution in [0.3, 0.4) is 0 Å². The molecular weight excluding hydrogens is 252 g/mol. The molecule has 0 bridgehead atoms. The van der Waals surface area contributed by atoms with Crippen LogP contribution in [0, 0.1) is 6.92 Å². The summed E-state index contributed by atoms with van der Waals surface area (Å²) in [5, 5.41) is 13.9. The second-order valence-corrected chi connectivity index (χ2v) is 5.88. The molecular formula is C16H26N2O2. The van der Waals surface area contributed by atoms with Crippen LogP contribution in [0.25, 0.3) is 0 Å². The molecule has 1 saturated carbocycles. The summed E-state index contributed by atoms with van der Waals surface area (Å²) in [5.74, 6) is 0.836. The Morgan fingerprint density at radius 1 is 1.25 bits per heavy atom. The van der Waals surface area contributed by atoms with Gasteiger partial charge in [0.2, 0.25) is 0 Å². The van der Waals surface area contributed by atoms with Gasteiger partial charge in [-0.3, -0.25) is 4.98 Å². The van der Waals surface area contributed by atoms with Gasteiger partial charge in [-0.05, 0) is 19.8 Å². The zero-order valence-electron chi connectivity index (χ0n) is 12.6. The van der Waals surface area contributed by atoms with Crippen molar-refractivity contribution in [2.24, 2.45) is 0 Å². The van der Waals surface area contributed by atoms with Crippen molar-refractivity contribution in [3.05, 3.63) is 23.5 Å². The number of aliphatic hydroxyl groups is 1. The summed E-state index contributed by atoms with van der Waals surface area (Å²) in [5.41, 5.74) is 1.37. The Kier molecular flexibility index (Phi) is 5.38. The van der Waals surface area contributed by atoms with Gasteiger partial charge in [-0.15, -0.1) is 0 Å². The fourth-order valence-electron chi connectivity index (χ4n) is 2.90. The van der Waals surface area contributed by atoms with Gasteiger partial charge in [-0.2, -0.15) is 0 Å². The van der Waals surface area contributed by atoms with Crippen molar-refractivity contribution in [3.8, 4) is 5.75 Å². The van der Waals surface area contributed by atoms with Crippen molar-refractivity contribution in [1.82, 2.24) is 10.3 Å². The van der Waals surface area contributed by atoms with Crippen LogP contribution in [-0.2, 0) is 6.54 Å². The third kappa shape index (κ3) is 4.46. The lowest BCUT2D eigenvalue weighted by atomic mass is 9.94. The van der Waals surface area contributed by atoms with Crippen LogP contribution in [0.1, 0.15) is 49.9 Å². The fourth-order valence-corrected chi connectivity index (χ4v) is 2.90. The van der Waals surface area contributed by atoms with Crippen LogP contribution >= 0.6 is 0 Å². The smallest absolute Gasteiger partial charge is 0.122 e. The molecule has 1 aromatic heterocycles. The van der Waals surface area contributed by atoms with E-state index < -0.39 is 5.60 Å². The van der Waals surface area contributed by atoms with E-state index in [1.54, 1.807) is 7.11 Å². The first-order chi connectivity index (χ1) is 9.61. The van der Waals surface area contributed by atoms with Gasteiger partial charge in [0, 0.05) is 30.9 Å². The summed E-state index contributed by atoms with van der Waals surface area (Å²) in [6.07, 6.45) is 6.58. The van der Waals surface area contributed by atoms with E-state index in [1.807, 2.05) is 19.1 Å². The van der Waals surface area contributed by atoms with E-state index in [9.17, 15) is 5.11 Å². The number of nitrogens with zero attached hydrogens (tertiary/aromatic N) is 1. The third-order valence-electron chi connectivity index (χ3n) is 4.01. The number of aromatic nitrogens is 1. The highest BCUT2D eigenvalue weighted by atomic mass is 16.5. The molecule has 1 aliphatic rings. The van der Waals surface area contributed by atoms with Gasteiger partial charge in [-0.25, -0.2) is 0 Å². The molecule has 0 aromatic carbocycles. The predicted molar refractivity (Wildman–Crippen MR) is 79.9 cm³/mol. The summed E-state index contributed by atoms with van der Waals surface area (Å²) in [7, 11) is 1.67. The number of hydrogen-bond acceptors (Lipinski definition) is 4. The van der Waals surface area contributed by atoms with E-state index in [1.165, 1.54) is 12.8 Å². The predicted octanol–water partition coefficient (Wildman–Crippen LogP) is 2.57. The molecule has 1 aromatic rings.